The molecule has 3 aromatic carbocycles. The second-order valence-electron chi connectivity index (χ2n) is 13.1. The lowest BCUT2D eigenvalue weighted by Crippen LogP contribution is -2.61. The summed E-state index contributed by atoms with van der Waals surface area (Å²) in [6.07, 6.45) is -2.65. The van der Waals surface area contributed by atoms with Crippen LogP contribution in [0.15, 0.2) is 77.8 Å². The molecule has 0 N–H and O–H groups in total. The first-order valence-electron chi connectivity index (χ1n) is 17.6. The van der Waals surface area contributed by atoms with Gasteiger partial charge in [-0.1, -0.05) is 0 Å². The number of aliphatic imine (C=N–C) groups is 1. The van der Waals surface area contributed by atoms with Crippen molar-refractivity contribution in [1.29, 1.82) is 0 Å². The largest absolute Gasteiger partial charge is 0.508 e. The number of amides is 3. The van der Waals surface area contributed by atoms with E-state index in [1.54, 1.807) is 11.8 Å². The number of benzene rings is 3. The molecule has 0 bridgehead atoms. The number of ether oxygens (including phenoxy) is 4. The van der Waals surface area contributed by atoms with Crippen LogP contribution in [0.1, 0.15) is 30.0 Å². The van der Waals surface area contributed by atoms with Crippen LogP contribution in [0.4, 0.5) is 31.4 Å². The van der Waals surface area contributed by atoms with Gasteiger partial charge in [-0.2, -0.15) is 17.6 Å². The molecule has 21 nitrogen and oxygen atoms in total. The smallest absolute Gasteiger partial charge is 0.445 e. The zero-order chi connectivity index (χ0) is 41.9. The third kappa shape index (κ3) is 11.4. The number of nitrogens with zero attached hydrogens (tertiary/aromatic N) is 7. The Hall–Kier alpha value is -6.84. The highest BCUT2D eigenvalue weighted by molar-refractivity contribution is 7.81. The molecule has 2 fully saturated rings. The van der Waals surface area contributed by atoms with Gasteiger partial charge in [-0.25, -0.2) is 14.4 Å². The first-order chi connectivity index (χ1) is 27.7. The van der Waals surface area contributed by atoms with Crippen molar-refractivity contribution < 1.29 is 52.9 Å². The highest BCUT2D eigenvalue weighted by Crippen LogP contribution is 2.27. The maximum Gasteiger partial charge on any atom is 0.508 e. The number of non-ortho nitro benzene ring substituents is 3. The molecule has 0 aliphatic carbocycles. The third-order valence-electron chi connectivity index (χ3n) is 9.19. The molecule has 5 rings (SSSR count). The summed E-state index contributed by atoms with van der Waals surface area (Å²) in [7, 11) is 0. The molecule has 0 aromatic heterocycles. The van der Waals surface area contributed by atoms with E-state index in [1.165, 1.54) is 82.6 Å². The van der Waals surface area contributed by atoms with Crippen molar-refractivity contribution in [3.8, 4) is 0 Å². The molecule has 3 aromatic rings. The molecule has 3 atom stereocenters. The average Bonchev–Trinajstić information content (AvgIpc) is 3.62. The Morgan fingerprint density at radius 1 is 0.690 bits per heavy atom. The van der Waals surface area contributed by atoms with Crippen LogP contribution in [0.25, 0.3) is 0 Å². The second kappa shape index (κ2) is 19.3. The summed E-state index contributed by atoms with van der Waals surface area (Å²) in [4.78, 5) is 92.4. The van der Waals surface area contributed by atoms with Gasteiger partial charge in [0.1, 0.15) is 38.3 Å². The quantitative estimate of drug-likeness (QED) is 0.0477. The molecule has 0 radical (unpaired) electrons. The zero-order valence-corrected chi connectivity index (χ0v) is 31.7. The average molecular weight is 824 g/mol. The number of carbonyl (C=O) groups is 4. The number of piperazine rings is 1. The molecule has 2 saturated heterocycles. The van der Waals surface area contributed by atoms with Crippen molar-refractivity contribution in [3.05, 3.63) is 120 Å². The number of thiol groups is 1. The van der Waals surface area contributed by atoms with Crippen molar-refractivity contribution in [2.24, 2.45) is 4.99 Å². The summed E-state index contributed by atoms with van der Waals surface area (Å²) < 4.78 is 21.3. The van der Waals surface area contributed by atoms with E-state index in [2.05, 4.69) is 17.6 Å². The second-order valence-corrected chi connectivity index (χ2v) is 13.8. The first-order valence-corrected chi connectivity index (χ1v) is 18.1. The molecular formula is C36H37N7O14S. The van der Waals surface area contributed by atoms with E-state index in [0.717, 1.165) is 0 Å². The van der Waals surface area contributed by atoms with Crippen LogP contribution < -0.4 is 0 Å². The highest BCUT2D eigenvalue weighted by atomic mass is 32.1. The summed E-state index contributed by atoms with van der Waals surface area (Å²) in [5.74, 6) is -0.257. The number of hydrogen-bond donors (Lipinski definition) is 1. The van der Waals surface area contributed by atoms with Crippen molar-refractivity contribution >= 4 is 59.8 Å². The van der Waals surface area contributed by atoms with Gasteiger partial charge in [-0.05, 0) is 66.4 Å². The lowest BCUT2D eigenvalue weighted by molar-refractivity contribution is -0.385. The van der Waals surface area contributed by atoms with Gasteiger partial charge in [0.05, 0.1) is 20.8 Å². The summed E-state index contributed by atoms with van der Waals surface area (Å²) in [5, 5.41) is 32.5. The van der Waals surface area contributed by atoms with Gasteiger partial charge in [0.25, 0.3) is 17.1 Å². The van der Waals surface area contributed by atoms with E-state index in [4.69, 9.17) is 18.9 Å². The Morgan fingerprint density at radius 2 is 1.17 bits per heavy atom. The Bertz CT molecular complexity index is 2050. The molecule has 3 amide bonds. The van der Waals surface area contributed by atoms with Crippen molar-refractivity contribution in [2.75, 3.05) is 32.8 Å². The molecule has 2 heterocycles. The fourth-order valence-electron chi connectivity index (χ4n) is 6.12. The standard InChI is InChI=1S/C36H37N7O14S/c1-23(37-34(45)54-19-24-2-8-27(9-3-24)41(48)49)38-14-15-39(30(17-38)22-57-36(47)56-21-26-6-12-29(13-7-26)43(52)53)33(44)32-16-31(58)18-40(32)35(46)55-20-25-4-10-28(11-5-25)42(50)51/h2-13,30-32,58H,14-22H2,1H3/t30?,31-,32-/m0/s1. The van der Waals surface area contributed by atoms with Gasteiger partial charge in [0, 0.05) is 67.8 Å². The Morgan fingerprint density at radius 3 is 1.67 bits per heavy atom. The molecule has 2 aliphatic heterocycles. The normalized spacial score (nSPS) is 17.9. The number of carbonyl (C=O) groups excluding carboxylic acids is 4. The first kappa shape index (κ1) is 42.3. The summed E-state index contributed by atoms with van der Waals surface area (Å²) >= 11 is 4.52. The number of nitro groups is 3. The van der Waals surface area contributed by atoms with Crippen LogP contribution in [0.5, 0.6) is 0 Å². The Kier molecular flexibility index (Phi) is 14.1. The van der Waals surface area contributed by atoms with Crippen LogP contribution in [0.3, 0.4) is 0 Å². The Labute approximate surface area is 334 Å². The van der Waals surface area contributed by atoms with Gasteiger partial charge in [-0.3, -0.25) is 40.0 Å². The van der Waals surface area contributed by atoms with E-state index < -0.39 is 51.1 Å². The molecule has 22 heteroatoms. The fourth-order valence-corrected chi connectivity index (χ4v) is 6.50. The van der Waals surface area contributed by atoms with Crippen molar-refractivity contribution in [2.45, 2.75) is 50.5 Å². The molecule has 0 saturated carbocycles. The number of likely N-dealkylation sites (tertiary alicyclic amines) is 1. The minimum Gasteiger partial charge on any atom is -0.445 e. The van der Waals surface area contributed by atoms with Crippen molar-refractivity contribution in [3.63, 3.8) is 0 Å². The van der Waals surface area contributed by atoms with Gasteiger partial charge in [0.2, 0.25) is 5.91 Å². The zero-order valence-electron chi connectivity index (χ0n) is 30.8. The van der Waals surface area contributed by atoms with Gasteiger partial charge in [-0.15, -0.1) is 0 Å². The van der Waals surface area contributed by atoms with E-state index in [1.807, 2.05) is 0 Å². The number of amidine groups is 1. The minimum absolute atomic E-state index is 0.0218. The predicted octanol–water partition coefficient (Wildman–Crippen LogP) is 5.04. The lowest BCUT2D eigenvalue weighted by atomic mass is 10.1. The molecule has 1 unspecified atom stereocenters. The van der Waals surface area contributed by atoms with Gasteiger partial charge in [0.15, 0.2) is 0 Å². The number of hydrogen-bond acceptors (Lipinski definition) is 15. The molecule has 58 heavy (non-hydrogen) atoms. The Balaban J connectivity index is 1.25. The molecular weight excluding hydrogens is 786 g/mol. The number of rotatable bonds is 12. The fraction of sp³-hybridized carbons (Fsp3) is 0.361. The monoisotopic (exact) mass is 823 g/mol. The maximum absolute atomic E-state index is 14.2. The third-order valence-corrected chi connectivity index (χ3v) is 9.57. The summed E-state index contributed by atoms with van der Waals surface area (Å²) in [6, 6.07) is 14.4. The van der Waals surface area contributed by atoms with Crippen LogP contribution in [-0.2, 0) is 43.6 Å². The van der Waals surface area contributed by atoms with E-state index in [0.29, 0.717) is 16.7 Å². The van der Waals surface area contributed by atoms with Crippen LogP contribution >= 0.6 is 12.6 Å². The molecule has 2 aliphatic rings. The topological polar surface area (TPSA) is 257 Å². The van der Waals surface area contributed by atoms with Gasteiger partial charge < -0.3 is 28.7 Å². The lowest BCUT2D eigenvalue weighted by Gasteiger charge is -2.43. The maximum atomic E-state index is 14.2. The van der Waals surface area contributed by atoms with Crippen LogP contribution in [0.2, 0.25) is 0 Å². The molecule has 306 valence electrons. The highest BCUT2D eigenvalue weighted by Gasteiger charge is 2.44. The van der Waals surface area contributed by atoms with E-state index in [9.17, 15) is 49.5 Å². The van der Waals surface area contributed by atoms with Crippen molar-refractivity contribution in [1.82, 2.24) is 14.7 Å². The minimum atomic E-state index is -1.09. The van der Waals surface area contributed by atoms with E-state index in [-0.39, 0.29) is 87.2 Å². The molecule has 0 spiro atoms. The number of nitro benzene ring substituents is 3. The van der Waals surface area contributed by atoms with E-state index >= 15 is 0 Å². The summed E-state index contributed by atoms with van der Waals surface area (Å²) in [5.41, 5.74) is 1.05. The van der Waals surface area contributed by atoms with Crippen LogP contribution in [0, 0.1) is 30.3 Å². The predicted molar refractivity (Wildman–Crippen MR) is 204 cm³/mol. The SMILES string of the molecule is CC(=NC(=O)OCc1ccc([N+](=O)[O-])cc1)N1CCN(C(=O)[C@@H]2C[C@H](S)CN2C(=O)OCc2ccc([N+](=O)[O-])cc2)C(COC(=O)OCc2ccc([N+](=O)[O-])cc2)C1. The van der Waals surface area contributed by atoms with Gasteiger partial charge >= 0.3 is 18.3 Å². The van der Waals surface area contributed by atoms with Crippen LogP contribution in [-0.4, -0.2) is 110 Å². The summed E-state index contributed by atoms with van der Waals surface area (Å²) in [6.45, 7) is 0.843.